The van der Waals surface area contributed by atoms with Gasteiger partial charge in [0.05, 0.1) is 6.26 Å². The topological polar surface area (TPSA) is 37.3 Å². The van der Waals surface area contributed by atoms with Crippen molar-refractivity contribution in [3.05, 3.63) is 47.7 Å². The van der Waals surface area contributed by atoms with Crippen LogP contribution in [0.3, 0.4) is 0 Å². The third-order valence-electron chi connectivity index (χ3n) is 2.97. The Kier molecular flexibility index (Phi) is 2.86. The average Bonchev–Trinajstić information content (AvgIpc) is 2.31. The van der Waals surface area contributed by atoms with Crippen LogP contribution in [-0.4, -0.2) is 10.9 Å². The molecule has 1 aromatic rings. The van der Waals surface area contributed by atoms with Crippen molar-refractivity contribution in [2.75, 3.05) is 0 Å². The highest BCUT2D eigenvalue weighted by Crippen LogP contribution is 2.33. The Hall–Kier alpha value is -1.57. The maximum absolute atomic E-state index is 11.4. The lowest BCUT2D eigenvalue weighted by molar-refractivity contribution is -0.116. The number of benzene rings is 1. The van der Waals surface area contributed by atoms with Gasteiger partial charge in [-0.1, -0.05) is 30.3 Å². The van der Waals surface area contributed by atoms with Crippen molar-refractivity contribution in [1.82, 2.24) is 0 Å². The van der Waals surface area contributed by atoms with Gasteiger partial charge in [0.1, 0.15) is 0 Å². The zero-order valence-electron chi connectivity index (χ0n) is 8.52. The Bertz CT molecular complexity index is 379. The van der Waals surface area contributed by atoms with E-state index in [1.165, 1.54) is 5.56 Å². The Morgan fingerprint density at radius 1 is 1.27 bits per heavy atom. The first-order valence-corrected chi connectivity index (χ1v) is 5.22. The number of rotatable bonds is 1. The second-order valence-corrected chi connectivity index (χ2v) is 3.93. The van der Waals surface area contributed by atoms with Crippen LogP contribution in [0.25, 0.3) is 0 Å². The first-order valence-electron chi connectivity index (χ1n) is 5.22. The molecule has 1 fully saturated rings. The summed E-state index contributed by atoms with van der Waals surface area (Å²) in [6.45, 7) is 0. The van der Waals surface area contributed by atoms with Crippen LogP contribution in [0.1, 0.15) is 30.7 Å². The number of hydrogen-bond donors (Lipinski definition) is 1. The van der Waals surface area contributed by atoms with E-state index >= 15 is 0 Å². The van der Waals surface area contributed by atoms with Gasteiger partial charge in [-0.05, 0) is 24.3 Å². The van der Waals surface area contributed by atoms with Crippen molar-refractivity contribution >= 4 is 5.78 Å². The number of aliphatic hydroxyl groups excluding tert-OH is 1. The Morgan fingerprint density at radius 2 is 2.00 bits per heavy atom. The molecule has 2 nitrogen and oxygen atoms in total. The normalized spacial score (nSPS) is 24.4. The van der Waals surface area contributed by atoms with E-state index in [1.54, 1.807) is 0 Å². The summed E-state index contributed by atoms with van der Waals surface area (Å²) in [5, 5.41) is 8.94. The van der Waals surface area contributed by atoms with Gasteiger partial charge in [-0.3, -0.25) is 4.79 Å². The number of aliphatic hydroxyl groups is 1. The molecule has 0 bridgehead atoms. The molecule has 0 aromatic heterocycles. The fraction of sp³-hybridized carbons (Fsp3) is 0.308. The predicted octanol–water partition coefficient (Wildman–Crippen LogP) is 2.97. The molecule has 0 spiro atoms. The predicted molar refractivity (Wildman–Crippen MR) is 58.8 cm³/mol. The molecule has 0 amide bonds. The first kappa shape index (κ1) is 9.97. The average molecular weight is 202 g/mol. The van der Waals surface area contributed by atoms with Crippen molar-refractivity contribution in [3.8, 4) is 0 Å². The molecular formula is C13H14O2. The highest BCUT2D eigenvalue weighted by atomic mass is 16.2. The van der Waals surface area contributed by atoms with Gasteiger partial charge in [-0.25, -0.2) is 0 Å². The van der Waals surface area contributed by atoms with Crippen LogP contribution in [0.15, 0.2) is 42.2 Å². The maximum Gasteiger partial charge on any atom is 0.161 e. The molecule has 15 heavy (non-hydrogen) atoms. The van der Waals surface area contributed by atoms with Crippen molar-refractivity contribution in [2.24, 2.45) is 0 Å². The summed E-state index contributed by atoms with van der Waals surface area (Å²) in [5.74, 6) is 0.465. The van der Waals surface area contributed by atoms with Crippen LogP contribution in [0, 0.1) is 0 Å². The molecule has 1 aliphatic rings. The van der Waals surface area contributed by atoms with Crippen LogP contribution in [0.5, 0.6) is 0 Å². The van der Waals surface area contributed by atoms with Gasteiger partial charge in [0.15, 0.2) is 5.78 Å². The third-order valence-corrected chi connectivity index (χ3v) is 2.97. The number of hydrogen-bond acceptors (Lipinski definition) is 2. The summed E-state index contributed by atoms with van der Waals surface area (Å²) in [4.78, 5) is 11.4. The van der Waals surface area contributed by atoms with Crippen molar-refractivity contribution in [1.29, 1.82) is 0 Å². The Labute approximate surface area is 89.2 Å². The summed E-state index contributed by atoms with van der Waals surface area (Å²) < 4.78 is 0. The standard InChI is InChI=1S/C13H14O2/c14-9-12-8-11(6-7-13(12)15)10-4-2-1-3-5-10/h1-5,9,11,14H,6-8H2/b12-9-. The number of carbonyl (C=O) groups excluding carboxylic acids is 1. The molecule has 2 rings (SSSR count). The van der Waals surface area contributed by atoms with Crippen molar-refractivity contribution in [3.63, 3.8) is 0 Å². The SMILES string of the molecule is O=C1CCC(c2ccccc2)C/C1=C/O. The van der Waals surface area contributed by atoms with Crippen LogP contribution < -0.4 is 0 Å². The lowest BCUT2D eigenvalue weighted by Crippen LogP contribution is -2.15. The lowest BCUT2D eigenvalue weighted by Gasteiger charge is -2.22. The van der Waals surface area contributed by atoms with E-state index in [-0.39, 0.29) is 5.78 Å². The van der Waals surface area contributed by atoms with Gasteiger partial charge in [-0.2, -0.15) is 0 Å². The van der Waals surface area contributed by atoms with Gasteiger partial charge in [0.2, 0.25) is 0 Å². The second kappa shape index (κ2) is 4.30. The van der Waals surface area contributed by atoms with Gasteiger partial charge in [0.25, 0.3) is 0 Å². The molecule has 2 heteroatoms. The largest absolute Gasteiger partial charge is 0.515 e. The van der Waals surface area contributed by atoms with E-state index in [2.05, 4.69) is 12.1 Å². The molecule has 1 atom stereocenters. The molecule has 0 radical (unpaired) electrons. The second-order valence-electron chi connectivity index (χ2n) is 3.93. The van der Waals surface area contributed by atoms with E-state index in [4.69, 9.17) is 5.11 Å². The number of carbonyl (C=O) groups is 1. The zero-order chi connectivity index (χ0) is 10.7. The molecule has 0 aliphatic heterocycles. The molecule has 78 valence electrons. The summed E-state index contributed by atoms with van der Waals surface area (Å²) in [6, 6.07) is 10.2. The molecule has 1 aromatic carbocycles. The third kappa shape index (κ3) is 2.09. The van der Waals surface area contributed by atoms with Crippen LogP contribution in [0.2, 0.25) is 0 Å². The zero-order valence-corrected chi connectivity index (χ0v) is 8.52. The lowest BCUT2D eigenvalue weighted by atomic mass is 9.81. The summed E-state index contributed by atoms with van der Waals surface area (Å²) in [5.41, 5.74) is 1.82. The van der Waals surface area contributed by atoms with Gasteiger partial charge in [-0.15, -0.1) is 0 Å². The van der Waals surface area contributed by atoms with Crippen LogP contribution >= 0.6 is 0 Å². The van der Waals surface area contributed by atoms with E-state index in [0.29, 0.717) is 24.3 Å². The van der Waals surface area contributed by atoms with Crippen LogP contribution in [-0.2, 0) is 4.79 Å². The fourth-order valence-corrected chi connectivity index (χ4v) is 2.08. The summed E-state index contributed by atoms with van der Waals surface area (Å²) >= 11 is 0. The molecule has 0 saturated heterocycles. The minimum absolute atomic E-state index is 0.0877. The fourth-order valence-electron chi connectivity index (χ4n) is 2.08. The quantitative estimate of drug-likeness (QED) is 0.561. The van der Waals surface area contributed by atoms with Gasteiger partial charge >= 0.3 is 0 Å². The van der Waals surface area contributed by atoms with E-state index in [0.717, 1.165) is 12.7 Å². The molecule has 1 N–H and O–H groups in total. The Balaban J connectivity index is 2.17. The number of Topliss-reactive ketones (excluding diaryl/α,β-unsaturated/α-hetero) is 1. The first-order chi connectivity index (χ1) is 7.31. The minimum Gasteiger partial charge on any atom is -0.515 e. The number of ketones is 1. The monoisotopic (exact) mass is 202 g/mol. The van der Waals surface area contributed by atoms with E-state index in [1.807, 2.05) is 18.2 Å². The Morgan fingerprint density at radius 3 is 2.67 bits per heavy atom. The van der Waals surface area contributed by atoms with Gasteiger partial charge in [0, 0.05) is 12.0 Å². The van der Waals surface area contributed by atoms with Crippen molar-refractivity contribution in [2.45, 2.75) is 25.2 Å². The highest BCUT2D eigenvalue weighted by Gasteiger charge is 2.24. The minimum atomic E-state index is 0.0877. The molecule has 1 aliphatic carbocycles. The van der Waals surface area contributed by atoms with Gasteiger partial charge < -0.3 is 5.11 Å². The molecular weight excluding hydrogens is 188 g/mol. The summed E-state index contributed by atoms with van der Waals surface area (Å²) in [7, 11) is 0. The maximum atomic E-state index is 11.4. The van der Waals surface area contributed by atoms with E-state index in [9.17, 15) is 4.79 Å². The smallest absolute Gasteiger partial charge is 0.161 e. The molecule has 1 unspecified atom stereocenters. The highest BCUT2D eigenvalue weighted by molar-refractivity contribution is 5.96. The van der Waals surface area contributed by atoms with Crippen LogP contribution in [0.4, 0.5) is 0 Å². The molecule has 1 saturated carbocycles. The number of allylic oxidation sites excluding steroid dienone is 1. The molecule has 0 heterocycles. The summed E-state index contributed by atoms with van der Waals surface area (Å²) in [6.07, 6.45) is 3.07. The van der Waals surface area contributed by atoms with Crippen molar-refractivity contribution < 1.29 is 9.90 Å². The van der Waals surface area contributed by atoms with E-state index < -0.39 is 0 Å².